The Bertz CT molecular complexity index is 624. The Hall–Kier alpha value is -0.810. The fourth-order valence-electron chi connectivity index (χ4n) is 4.63. The van der Waals surface area contributed by atoms with Crippen molar-refractivity contribution in [2.24, 2.45) is 5.92 Å². The molecule has 1 atom stereocenters. The fraction of sp³-hybridized carbons (Fsp3) is 0.789. The zero-order chi connectivity index (χ0) is 16.4. The third-order valence-electron chi connectivity index (χ3n) is 6.01. The maximum atomic E-state index is 12.4. The Balaban J connectivity index is 1.44. The van der Waals surface area contributed by atoms with Crippen LogP contribution in [0.2, 0.25) is 0 Å². The van der Waals surface area contributed by atoms with Crippen LogP contribution < -0.4 is 5.56 Å². The molecule has 1 aromatic heterocycles. The SMILES string of the molecule is O=c1cc2c(nn1CC1CCCN1CC1CCCCC1)CCSC2. The van der Waals surface area contributed by atoms with Crippen LogP contribution in [0.15, 0.2) is 10.9 Å². The molecule has 4 rings (SSSR count). The van der Waals surface area contributed by atoms with Crippen molar-refractivity contribution < 1.29 is 0 Å². The van der Waals surface area contributed by atoms with Crippen LogP contribution >= 0.6 is 11.8 Å². The van der Waals surface area contributed by atoms with Gasteiger partial charge in [0.25, 0.3) is 5.56 Å². The molecule has 3 heterocycles. The number of likely N-dealkylation sites (tertiary alicyclic amines) is 1. The molecular weight excluding hydrogens is 318 g/mol. The number of hydrogen-bond donors (Lipinski definition) is 0. The van der Waals surface area contributed by atoms with E-state index in [1.165, 1.54) is 58.0 Å². The van der Waals surface area contributed by atoms with Crippen LogP contribution in [0.4, 0.5) is 0 Å². The Morgan fingerprint density at radius 3 is 2.88 bits per heavy atom. The molecule has 3 aliphatic rings. The molecule has 0 radical (unpaired) electrons. The van der Waals surface area contributed by atoms with E-state index in [-0.39, 0.29) is 5.56 Å². The first-order valence-corrected chi connectivity index (χ1v) is 10.9. The number of fused-ring (bicyclic) bond motifs is 1. The van der Waals surface area contributed by atoms with Crippen LogP contribution in [0.5, 0.6) is 0 Å². The maximum Gasteiger partial charge on any atom is 0.267 e. The van der Waals surface area contributed by atoms with Crippen molar-refractivity contribution in [2.45, 2.75) is 69.7 Å². The van der Waals surface area contributed by atoms with Crippen molar-refractivity contribution in [3.63, 3.8) is 0 Å². The van der Waals surface area contributed by atoms with Gasteiger partial charge >= 0.3 is 0 Å². The van der Waals surface area contributed by atoms with Crippen molar-refractivity contribution in [3.05, 3.63) is 27.7 Å². The van der Waals surface area contributed by atoms with Gasteiger partial charge in [0, 0.05) is 30.8 Å². The first-order chi connectivity index (χ1) is 11.8. The Morgan fingerprint density at radius 1 is 1.12 bits per heavy atom. The molecule has 0 bridgehead atoms. The van der Waals surface area contributed by atoms with Crippen LogP contribution in [0.25, 0.3) is 0 Å². The zero-order valence-corrected chi connectivity index (χ0v) is 15.4. The number of aryl methyl sites for hydroxylation is 1. The Morgan fingerprint density at radius 2 is 2.00 bits per heavy atom. The highest BCUT2D eigenvalue weighted by Gasteiger charge is 2.28. The van der Waals surface area contributed by atoms with Gasteiger partial charge in [-0.2, -0.15) is 16.9 Å². The Labute approximate surface area is 149 Å². The minimum absolute atomic E-state index is 0.0979. The second-order valence-corrected chi connectivity index (χ2v) is 8.84. The Kier molecular flexibility index (Phi) is 5.28. The molecule has 132 valence electrons. The third kappa shape index (κ3) is 3.72. The fourth-order valence-corrected chi connectivity index (χ4v) is 5.58. The highest BCUT2D eigenvalue weighted by molar-refractivity contribution is 7.98. The molecule has 4 nitrogen and oxygen atoms in total. The summed E-state index contributed by atoms with van der Waals surface area (Å²) >= 11 is 1.91. The van der Waals surface area contributed by atoms with Gasteiger partial charge in [-0.05, 0) is 49.5 Å². The van der Waals surface area contributed by atoms with Crippen LogP contribution in [0, 0.1) is 5.92 Å². The van der Waals surface area contributed by atoms with Gasteiger partial charge in [-0.25, -0.2) is 4.68 Å². The van der Waals surface area contributed by atoms with E-state index < -0.39 is 0 Å². The van der Waals surface area contributed by atoms with E-state index in [0.29, 0.717) is 6.04 Å². The molecule has 2 fully saturated rings. The van der Waals surface area contributed by atoms with Crippen molar-refractivity contribution >= 4 is 11.8 Å². The molecule has 1 saturated heterocycles. The third-order valence-corrected chi connectivity index (χ3v) is 7.01. The first-order valence-electron chi connectivity index (χ1n) is 9.71. The maximum absolute atomic E-state index is 12.4. The molecule has 1 unspecified atom stereocenters. The summed E-state index contributed by atoms with van der Waals surface area (Å²) in [6, 6.07) is 2.35. The number of hydrogen-bond acceptors (Lipinski definition) is 4. The van der Waals surface area contributed by atoms with Gasteiger partial charge in [0.05, 0.1) is 12.2 Å². The quantitative estimate of drug-likeness (QED) is 0.839. The van der Waals surface area contributed by atoms with E-state index >= 15 is 0 Å². The molecule has 2 aliphatic heterocycles. The van der Waals surface area contributed by atoms with E-state index in [0.717, 1.165) is 41.6 Å². The predicted molar refractivity (Wildman–Crippen MR) is 99.5 cm³/mol. The average Bonchev–Trinajstić information content (AvgIpc) is 3.03. The highest BCUT2D eigenvalue weighted by atomic mass is 32.2. The van der Waals surface area contributed by atoms with Crippen LogP contribution in [-0.4, -0.2) is 39.6 Å². The van der Waals surface area contributed by atoms with Crippen molar-refractivity contribution in [2.75, 3.05) is 18.8 Å². The summed E-state index contributed by atoms with van der Waals surface area (Å²) in [4.78, 5) is 15.1. The molecule has 1 aromatic rings. The number of aromatic nitrogens is 2. The minimum atomic E-state index is 0.0979. The van der Waals surface area contributed by atoms with Gasteiger partial charge in [0.2, 0.25) is 0 Å². The summed E-state index contributed by atoms with van der Waals surface area (Å²) in [5, 5.41) is 4.72. The van der Waals surface area contributed by atoms with Gasteiger partial charge in [-0.15, -0.1) is 0 Å². The molecule has 5 heteroatoms. The molecule has 0 aromatic carbocycles. The number of nitrogens with zero attached hydrogens (tertiary/aromatic N) is 3. The monoisotopic (exact) mass is 347 g/mol. The molecule has 24 heavy (non-hydrogen) atoms. The lowest BCUT2D eigenvalue weighted by molar-refractivity contribution is 0.171. The summed E-state index contributed by atoms with van der Waals surface area (Å²) in [6.45, 7) is 3.23. The zero-order valence-electron chi connectivity index (χ0n) is 14.6. The van der Waals surface area contributed by atoms with Gasteiger partial charge in [0.1, 0.15) is 0 Å². The van der Waals surface area contributed by atoms with Crippen LogP contribution in [0.3, 0.4) is 0 Å². The summed E-state index contributed by atoms with van der Waals surface area (Å²) in [5.74, 6) is 2.97. The molecule has 1 aliphatic carbocycles. The molecule has 0 amide bonds. The molecule has 1 saturated carbocycles. The van der Waals surface area contributed by atoms with Gasteiger partial charge < -0.3 is 0 Å². The normalized spacial score (nSPS) is 25.8. The smallest absolute Gasteiger partial charge is 0.267 e. The molecular formula is C19H29N3OS. The second-order valence-electron chi connectivity index (χ2n) is 7.73. The van der Waals surface area contributed by atoms with Crippen LogP contribution in [-0.2, 0) is 18.7 Å². The van der Waals surface area contributed by atoms with Gasteiger partial charge in [-0.1, -0.05) is 19.3 Å². The summed E-state index contributed by atoms with van der Waals surface area (Å²) in [7, 11) is 0. The largest absolute Gasteiger partial charge is 0.298 e. The highest BCUT2D eigenvalue weighted by Crippen LogP contribution is 2.28. The lowest BCUT2D eigenvalue weighted by atomic mass is 9.89. The van der Waals surface area contributed by atoms with E-state index in [9.17, 15) is 4.79 Å². The van der Waals surface area contributed by atoms with Crippen molar-refractivity contribution in [1.29, 1.82) is 0 Å². The first kappa shape index (κ1) is 16.6. The van der Waals surface area contributed by atoms with E-state index in [2.05, 4.69) is 4.90 Å². The standard InChI is InChI=1S/C19H29N3OS/c23-19-11-16-14-24-10-8-18(16)20-22(19)13-17-7-4-9-21(17)12-15-5-2-1-3-6-15/h11,15,17H,1-10,12-14H2. The van der Waals surface area contributed by atoms with Gasteiger partial charge in [0.15, 0.2) is 0 Å². The van der Waals surface area contributed by atoms with Crippen molar-refractivity contribution in [1.82, 2.24) is 14.7 Å². The lowest BCUT2D eigenvalue weighted by Gasteiger charge is -2.31. The predicted octanol–water partition coefficient (Wildman–Crippen LogP) is 3.08. The van der Waals surface area contributed by atoms with E-state index in [1.807, 2.05) is 17.8 Å². The lowest BCUT2D eigenvalue weighted by Crippen LogP contribution is -2.40. The topological polar surface area (TPSA) is 38.1 Å². The summed E-state index contributed by atoms with van der Waals surface area (Å²) in [5.41, 5.74) is 2.42. The molecule has 0 spiro atoms. The molecule has 0 N–H and O–H groups in total. The minimum Gasteiger partial charge on any atom is -0.298 e. The van der Waals surface area contributed by atoms with Gasteiger partial charge in [-0.3, -0.25) is 9.69 Å². The number of rotatable bonds is 4. The van der Waals surface area contributed by atoms with Crippen molar-refractivity contribution in [3.8, 4) is 0 Å². The van der Waals surface area contributed by atoms with E-state index in [4.69, 9.17) is 5.10 Å². The average molecular weight is 348 g/mol. The second kappa shape index (κ2) is 7.61. The number of thioether (sulfide) groups is 1. The summed E-state index contributed by atoms with van der Waals surface area (Å²) in [6.07, 6.45) is 10.5. The summed E-state index contributed by atoms with van der Waals surface area (Å²) < 4.78 is 1.76. The van der Waals surface area contributed by atoms with Crippen LogP contribution in [0.1, 0.15) is 56.2 Å². The van der Waals surface area contributed by atoms with E-state index in [1.54, 1.807) is 4.68 Å².